The highest BCUT2D eigenvalue weighted by Gasteiger charge is 2.21. The summed E-state index contributed by atoms with van der Waals surface area (Å²) in [6, 6.07) is 4.65. The van der Waals surface area contributed by atoms with Crippen molar-refractivity contribution in [1.29, 1.82) is 0 Å². The Morgan fingerprint density at radius 3 is 2.24 bits per heavy atom. The van der Waals surface area contributed by atoms with E-state index in [-0.39, 0.29) is 6.10 Å². The third kappa shape index (κ3) is 4.51. The molecule has 0 heterocycles. The molecule has 0 saturated heterocycles. The molecule has 1 atom stereocenters. The van der Waals surface area contributed by atoms with Crippen molar-refractivity contribution in [2.75, 3.05) is 27.9 Å². The van der Waals surface area contributed by atoms with Crippen LogP contribution in [0, 0.1) is 0 Å². The fourth-order valence-electron chi connectivity index (χ4n) is 2.00. The first-order chi connectivity index (χ1) is 10.2. The standard InChI is InChI=1S/C16H25NO4/c1-11(18-2)10-21-16-14(19-3)7-12(8-15(16)20-4)9-17-13-5-6-13/h7-8,11,13,17H,5-6,9-10H2,1-4H3. The van der Waals surface area contributed by atoms with Crippen LogP contribution in [0.5, 0.6) is 17.2 Å². The van der Waals surface area contributed by atoms with Crippen LogP contribution in [-0.2, 0) is 11.3 Å². The Morgan fingerprint density at radius 2 is 1.76 bits per heavy atom. The number of hydrogen-bond donors (Lipinski definition) is 1. The Kier molecular flexibility index (Phi) is 5.70. The molecule has 0 bridgehead atoms. The largest absolute Gasteiger partial charge is 0.493 e. The minimum atomic E-state index is 0.00984. The number of nitrogens with one attached hydrogen (secondary N) is 1. The van der Waals surface area contributed by atoms with Crippen molar-refractivity contribution in [3.63, 3.8) is 0 Å². The van der Waals surface area contributed by atoms with Crippen LogP contribution in [0.15, 0.2) is 12.1 Å². The molecule has 1 saturated carbocycles. The van der Waals surface area contributed by atoms with E-state index in [0.29, 0.717) is 29.9 Å². The highest BCUT2D eigenvalue weighted by Crippen LogP contribution is 2.38. The van der Waals surface area contributed by atoms with Gasteiger partial charge < -0.3 is 24.3 Å². The van der Waals surface area contributed by atoms with E-state index in [1.54, 1.807) is 21.3 Å². The van der Waals surface area contributed by atoms with Gasteiger partial charge in [0.25, 0.3) is 0 Å². The van der Waals surface area contributed by atoms with Gasteiger partial charge in [0, 0.05) is 19.7 Å². The molecule has 0 aromatic heterocycles. The predicted molar refractivity (Wildman–Crippen MR) is 81.4 cm³/mol. The van der Waals surface area contributed by atoms with Crippen LogP contribution in [0.2, 0.25) is 0 Å². The summed E-state index contributed by atoms with van der Waals surface area (Å²) >= 11 is 0. The normalized spacial score (nSPS) is 15.6. The lowest BCUT2D eigenvalue weighted by Gasteiger charge is -2.18. The molecule has 118 valence electrons. The third-order valence-corrected chi connectivity index (χ3v) is 3.56. The molecule has 0 radical (unpaired) electrons. The molecular formula is C16H25NO4. The maximum atomic E-state index is 5.80. The van der Waals surface area contributed by atoms with Crippen LogP contribution in [0.4, 0.5) is 0 Å². The van der Waals surface area contributed by atoms with E-state index < -0.39 is 0 Å². The van der Waals surface area contributed by atoms with Gasteiger partial charge in [-0.25, -0.2) is 0 Å². The molecule has 1 fully saturated rings. The van der Waals surface area contributed by atoms with Crippen molar-refractivity contribution in [2.45, 2.75) is 38.5 Å². The monoisotopic (exact) mass is 295 g/mol. The summed E-state index contributed by atoms with van der Waals surface area (Å²) in [4.78, 5) is 0. The van der Waals surface area contributed by atoms with Crippen molar-refractivity contribution < 1.29 is 18.9 Å². The first-order valence-corrected chi connectivity index (χ1v) is 7.31. The molecule has 2 rings (SSSR count). The molecule has 0 spiro atoms. The Morgan fingerprint density at radius 1 is 1.14 bits per heavy atom. The quantitative estimate of drug-likeness (QED) is 0.758. The van der Waals surface area contributed by atoms with Gasteiger partial charge in [-0.2, -0.15) is 0 Å². The Balaban J connectivity index is 2.12. The molecule has 1 aromatic rings. The van der Waals surface area contributed by atoms with E-state index in [1.165, 1.54) is 12.8 Å². The van der Waals surface area contributed by atoms with Gasteiger partial charge in [0.1, 0.15) is 6.61 Å². The minimum absolute atomic E-state index is 0.00984. The summed E-state index contributed by atoms with van der Waals surface area (Å²) in [5.74, 6) is 1.99. The average molecular weight is 295 g/mol. The van der Waals surface area contributed by atoms with Crippen LogP contribution in [-0.4, -0.2) is 40.1 Å². The summed E-state index contributed by atoms with van der Waals surface area (Å²) in [6.07, 6.45) is 2.55. The molecule has 1 aromatic carbocycles. The first-order valence-electron chi connectivity index (χ1n) is 7.31. The second-order valence-electron chi connectivity index (χ2n) is 5.34. The average Bonchev–Trinajstić information content (AvgIpc) is 3.34. The zero-order chi connectivity index (χ0) is 15.2. The Labute approximate surface area is 126 Å². The molecule has 1 N–H and O–H groups in total. The lowest BCUT2D eigenvalue weighted by Crippen LogP contribution is -2.17. The summed E-state index contributed by atoms with van der Waals surface area (Å²) in [7, 11) is 4.94. The lowest BCUT2D eigenvalue weighted by atomic mass is 10.1. The molecule has 21 heavy (non-hydrogen) atoms. The minimum Gasteiger partial charge on any atom is -0.493 e. The van der Waals surface area contributed by atoms with E-state index in [2.05, 4.69) is 5.32 Å². The fraction of sp³-hybridized carbons (Fsp3) is 0.625. The van der Waals surface area contributed by atoms with E-state index in [0.717, 1.165) is 12.1 Å². The van der Waals surface area contributed by atoms with Gasteiger partial charge in [-0.3, -0.25) is 0 Å². The lowest BCUT2D eigenvalue weighted by molar-refractivity contribution is 0.0694. The maximum absolute atomic E-state index is 5.80. The van der Waals surface area contributed by atoms with Gasteiger partial charge in [0.2, 0.25) is 5.75 Å². The zero-order valence-corrected chi connectivity index (χ0v) is 13.3. The topological polar surface area (TPSA) is 49.0 Å². The molecular weight excluding hydrogens is 270 g/mol. The van der Waals surface area contributed by atoms with Crippen LogP contribution >= 0.6 is 0 Å². The number of methoxy groups -OCH3 is 3. The van der Waals surface area contributed by atoms with E-state index in [1.807, 2.05) is 19.1 Å². The molecule has 5 nitrogen and oxygen atoms in total. The smallest absolute Gasteiger partial charge is 0.203 e. The van der Waals surface area contributed by atoms with Crippen LogP contribution in [0.25, 0.3) is 0 Å². The van der Waals surface area contributed by atoms with Crippen LogP contribution in [0.3, 0.4) is 0 Å². The summed E-state index contributed by atoms with van der Waals surface area (Å²) in [6.45, 7) is 3.21. The van der Waals surface area contributed by atoms with E-state index in [9.17, 15) is 0 Å². The highest BCUT2D eigenvalue weighted by atomic mass is 16.6. The third-order valence-electron chi connectivity index (χ3n) is 3.56. The van der Waals surface area contributed by atoms with Crippen molar-refractivity contribution in [3.8, 4) is 17.2 Å². The molecule has 0 aliphatic heterocycles. The number of ether oxygens (including phenoxy) is 4. The van der Waals surface area contributed by atoms with Crippen molar-refractivity contribution in [3.05, 3.63) is 17.7 Å². The SMILES string of the molecule is COc1cc(CNC2CC2)cc(OC)c1OCC(C)OC. The predicted octanol–water partition coefficient (Wildman–Crippen LogP) is 2.37. The van der Waals surface area contributed by atoms with Gasteiger partial charge in [0.15, 0.2) is 11.5 Å². The van der Waals surface area contributed by atoms with E-state index in [4.69, 9.17) is 18.9 Å². The maximum Gasteiger partial charge on any atom is 0.203 e. The Bertz CT molecular complexity index is 435. The van der Waals surface area contributed by atoms with E-state index >= 15 is 0 Å². The van der Waals surface area contributed by atoms with Gasteiger partial charge >= 0.3 is 0 Å². The zero-order valence-electron chi connectivity index (χ0n) is 13.3. The highest BCUT2D eigenvalue weighted by molar-refractivity contribution is 5.53. The molecule has 1 aliphatic carbocycles. The first kappa shape index (κ1) is 15.9. The summed E-state index contributed by atoms with van der Waals surface area (Å²) in [5.41, 5.74) is 1.13. The van der Waals surface area contributed by atoms with Gasteiger partial charge in [-0.05, 0) is 37.5 Å². The number of hydrogen-bond acceptors (Lipinski definition) is 5. The molecule has 0 amide bonds. The van der Waals surface area contributed by atoms with Crippen LogP contribution in [0.1, 0.15) is 25.3 Å². The number of rotatable bonds is 9. The van der Waals surface area contributed by atoms with Crippen molar-refractivity contribution in [1.82, 2.24) is 5.32 Å². The Hall–Kier alpha value is -1.46. The molecule has 5 heteroatoms. The summed E-state index contributed by atoms with van der Waals surface area (Å²) < 4.78 is 21.9. The van der Waals surface area contributed by atoms with Gasteiger partial charge in [0.05, 0.1) is 20.3 Å². The van der Waals surface area contributed by atoms with Crippen LogP contribution < -0.4 is 19.5 Å². The molecule has 1 aliphatic rings. The second-order valence-corrected chi connectivity index (χ2v) is 5.34. The molecule has 1 unspecified atom stereocenters. The number of benzene rings is 1. The second kappa shape index (κ2) is 7.52. The fourth-order valence-corrected chi connectivity index (χ4v) is 2.00. The summed E-state index contributed by atoms with van der Waals surface area (Å²) in [5, 5.41) is 3.48. The van der Waals surface area contributed by atoms with Gasteiger partial charge in [-0.15, -0.1) is 0 Å². The van der Waals surface area contributed by atoms with Crippen molar-refractivity contribution in [2.24, 2.45) is 0 Å². The van der Waals surface area contributed by atoms with Crippen molar-refractivity contribution >= 4 is 0 Å². The van der Waals surface area contributed by atoms with Gasteiger partial charge in [-0.1, -0.05) is 0 Å².